The molecule has 1 heterocycles. The van der Waals surface area contributed by atoms with Crippen LogP contribution in [-0.2, 0) is 6.54 Å². The molecule has 3 aromatic rings. The van der Waals surface area contributed by atoms with Crippen LogP contribution in [0.1, 0.15) is 32.9 Å². The van der Waals surface area contributed by atoms with Crippen molar-refractivity contribution >= 4 is 11.6 Å². The molecule has 0 saturated heterocycles. The van der Waals surface area contributed by atoms with Gasteiger partial charge in [0, 0.05) is 17.9 Å². The molecule has 0 atom stereocenters. The second-order valence-corrected chi connectivity index (χ2v) is 6.57. The number of aromatic nitrogens is 1. The molecule has 134 valence electrons. The molecule has 0 fully saturated rings. The Hall–Kier alpha value is -3.01. The third-order valence-corrected chi connectivity index (χ3v) is 4.52. The van der Waals surface area contributed by atoms with Crippen molar-refractivity contribution in [3.05, 3.63) is 82.7 Å². The Morgan fingerprint density at radius 3 is 2.27 bits per heavy atom. The zero-order valence-corrected chi connectivity index (χ0v) is 15.7. The molecule has 0 aliphatic heterocycles. The van der Waals surface area contributed by atoms with E-state index in [0.717, 1.165) is 22.7 Å². The fourth-order valence-corrected chi connectivity index (χ4v) is 3.09. The van der Waals surface area contributed by atoms with Gasteiger partial charge in [0.25, 0.3) is 5.91 Å². The Morgan fingerprint density at radius 1 is 1.00 bits per heavy atom. The van der Waals surface area contributed by atoms with Crippen LogP contribution in [0.2, 0.25) is 0 Å². The number of anilines is 1. The van der Waals surface area contributed by atoms with E-state index >= 15 is 0 Å². The van der Waals surface area contributed by atoms with Crippen molar-refractivity contribution < 1.29 is 9.53 Å². The van der Waals surface area contributed by atoms with Crippen molar-refractivity contribution in [2.75, 3.05) is 12.4 Å². The summed E-state index contributed by atoms with van der Waals surface area (Å²) in [6, 6.07) is 17.8. The molecule has 0 aliphatic rings. The Morgan fingerprint density at radius 2 is 1.65 bits per heavy atom. The second-order valence-electron chi connectivity index (χ2n) is 6.57. The van der Waals surface area contributed by atoms with Crippen molar-refractivity contribution in [2.24, 2.45) is 0 Å². The van der Waals surface area contributed by atoms with Gasteiger partial charge in [0.15, 0.2) is 0 Å². The van der Waals surface area contributed by atoms with E-state index in [1.165, 1.54) is 11.1 Å². The highest BCUT2D eigenvalue weighted by atomic mass is 16.5. The highest BCUT2D eigenvalue weighted by Gasteiger charge is 2.18. The lowest BCUT2D eigenvalue weighted by Gasteiger charge is -2.13. The number of ether oxygens (including phenoxy) is 1. The summed E-state index contributed by atoms with van der Waals surface area (Å²) in [5.74, 6) is 0.658. The largest absolute Gasteiger partial charge is 0.497 e. The third-order valence-electron chi connectivity index (χ3n) is 4.52. The van der Waals surface area contributed by atoms with E-state index in [9.17, 15) is 4.79 Å². The number of amides is 1. The van der Waals surface area contributed by atoms with Crippen LogP contribution in [0.25, 0.3) is 0 Å². The predicted octanol–water partition coefficient (Wildman–Crippen LogP) is 4.72. The number of hydrogen-bond acceptors (Lipinski definition) is 2. The van der Waals surface area contributed by atoms with Gasteiger partial charge in [-0.1, -0.05) is 29.8 Å². The van der Waals surface area contributed by atoms with Crippen LogP contribution >= 0.6 is 0 Å². The van der Waals surface area contributed by atoms with Crippen molar-refractivity contribution in [3.8, 4) is 5.75 Å². The Labute approximate surface area is 154 Å². The van der Waals surface area contributed by atoms with E-state index in [1.807, 2.05) is 38.1 Å². The van der Waals surface area contributed by atoms with E-state index in [-0.39, 0.29) is 5.91 Å². The molecule has 0 bridgehead atoms. The maximum Gasteiger partial charge on any atom is 0.272 e. The van der Waals surface area contributed by atoms with Crippen LogP contribution in [0.15, 0.2) is 54.6 Å². The molecule has 0 aliphatic carbocycles. The maximum atomic E-state index is 12.9. The van der Waals surface area contributed by atoms with Gasteiger partial charge in [-0.3, -0.25) is 4.79 Å². The molecule has 1 N–H and O–H groups in total. The summed E-state index contributed by atoms with van der Waals surface area (Å²) in [6.07, 6.45) is 0. The highest BCUT2D eigenvalue weighted by Crippen LogP contribution is 2.20. The molecule has 4 heteroatoms. The first kappa shape index (κ1) is 17.8. The molecule has 4 nitrogen and oxygen atoms in total. The summed E-state index contributed by atoms with van der Waals surface area (Å²) in [4.78, 5) is 12.9. The molecule has 2 aromatic carbocycles. The maximum absolute atomic E-state index is 12.9. The first-order chi connectivity index (χ1) is 12.5. The Bertz CT molecular complexity index is 907. The summed E-state index contributed by atoms with van der Waals surface area (Å²) < 4.78 is 7.23. The quantitative estimate of drug-likeness (QED) is 0.725. The number of rotatable bonds is 5. The van der Waals surface area contributed by atoms with Gasteiger partial charge in [0.05, 0.1) is 7.11 Å². The van der Waals surface area contributed by atoms with Crippen LogP contribution in [0.3, 0.4) is 0 Å². The topological polar surface area (TPSA) is 43.3 Å². The average Bonchev–Trinajstić information content (AvgIpc) is 2.91. The molecule has 1 amide bonds. The van der Waals surface area contributed by atoms with Gasteiger partial charge in [-0.15, -0.1) is 0 Å². The van der Waals surface area contributed by atoms with Gasteiger partial charge in [0.1, 0.15) is 11.4 Å². The van der Waals surface area contributed by atoms with E-state index < -0.39 is 0 Å². The summed E-state index contributed by atoms with van der Waals surface area (Å²) in [5, 5.41) is 2.98. The monoisotopic (exact) mass is 348 g/mol. The Balaban J connectivity index is 1.86. The van der Waals surface area contributed by atoms with Crippen molar-refractivity contribution in [1.29, 1.82) is 0 Å². The molecule has 0 radical (unpaired) electrons. The summed E-state index contributed by atoms with van der Waals surface area (Å²) in [6.45, 7) is 6.75. The first-order valence-corrected chi connectivity index (χ1v) is 8.65. The van der Waals surface area contributed by atoms with E-state index in [0.29, 0.717) is 12.2 Å². The average molecular weight is 348 g/mol. The smallest absolute Gasteiger partial charge is 0.272 e. The number of aryl methyl sites for hydroxylation is 3. The summed E-state index contributed by atoms with van der Waals surface area (Å²) in [7, 11) is 1.62. The van der Waals surface area contributed by atoms with Gasteiger partial charge in [-0.2, -0.15) is 0 Å². The van der Waals surface area contributed by atoms with Gasteiger partial charge < -0.3 is 14.6 Å². The molecular weight excluding hydrogens is 324 g/mol. The molecule has 3 rings (SSSR count). The van der Waals surface area contributed by atoms with Crippen LogP contribution in [0, 0.1) is 20.8 Å². The normalized spacial score (nSPS) is 10.6. The number of benzene rings is 2. The van der Waals surface area contributed by atoms with Crippen molar-refractivity contribution in [3.63, 3.8) is 0 Å². The standard InChI is InChI=1S/C22H24N2O2/c1-15-5-7-18(8-6-15)14-24-17(3)13-16(2)21(24)22(25)23-19-9-11-20(26-4)12-10-19/h5-13H,14H2,1-4H3,(H,23,25). The van der Waals surface area contributed by atoms with Crippen molar-refractivity contribution in [1.82, 2.24) is 4.57 Å². The van der Waals surface area contributed by atoms with Gasteiger partial charge >= 0.3 is 0 Å². The van der Waals surface area contributed by atoms with Gasteiger partial charge in [0.2, 0.25) is 0 Å². The minimum Gasteiger partial charge on any atom is -0.497 e. The van der Waals surface area contributed by atoms with Crippen LogP contribution in [0.4, 0.5) is 5.69 Å². The molecular formula is C22H24N2O2. The lowest BCUT2D eigenvalue weighted by Crippen LogP contribution is -2.19. The lowest BCUT2D eigenvalue weighted by molar-refractivity contribution is 0.101. The predicted molar refractivity (Wildman–Crippen MR) is 105 cm³/mol. The highest BCUT2D eigenvalue weighted by molar-refractivity contribution is 6.04. The molecule has 1 aromatic heterocycles. The van der Waals surface area contributed by atoms with Crippen LogP contribution in [0.5, 0.6) is 5.75 Å². The Kier molecular flexibility index (Phi) is 5.12. The molecule has 0 unspecified atom stereocenters. The zero-order valence-electron chi connectivity index (χ0n) is 15.7. The number of carbonyl (C=O) groups excluding carboxylic acids is 1. The third kappa shape index (κ3) is 3.80. The number of nitrogens with zero attached hydrogens (tertiary/aromatic N) is 1. The summed E-state index contributed by atoms with van der Waals surface area (Å²) >= 11 is 0. The lowest BCUT2D eigenvalue weighted by atomic mass is 10.1. The van der Waals surface area contributed by atoms with E-state index in [4.69, 9.17) is 4.74 Å². The van der Waals surface area contributed by atoms with Gasteiger partial charge in [-0.05, 0) is 62.2 Å². The number of hydrogen-bond donors (Lipinski definition) is 1. The molecule has 26 heavy (non-hydrogen) atoms. The summed E-state index contributed by atoms with van der Waals surface area (Å²) in [5.41, 5.74) is 5.89. The van der Waals surface area contributed by atoms with Crippen LogP contribution < -0.4 is 10.1 Å². The minimum absolute atomic E-state index is 0.104. The van der Waals surface area contributed by atoms with Crippen molar-refractivity contribution in [2.45, 2.75) is 27.3 Å². The van der Waals surface area contributed by atoms with Crippen LogP contribution in [-0.4, -0.2) is 17.6 Å². The fraction of sp³-hybridized carbons (Fsp3) is 0.227. The number of nitrogens with one attached hydrogen (secondary N) is 1. The number of methoxy groups -OCH3 is 1. The molecule has 0 saturated carbocycles. The van der Waals surface area contributed by atoms with E-state index in [1.54, 1.807) is 7.11 Å². The minimum atomic E-state index is -0.104. The number of carbonyl (C=O) groups is 1. The van der Waals surface area contributed by atoms with Gasteiger partial charge in [-0.25, -0.2) is 0 Å². The fourth-order valence-electron chi connectivity index (χ4n) is 3.09. The SMILES string of the molecule is COc1ccc(NC(=O)c2c(C)cc(C)n2Cc2ccc(C)cc2)cc1. The van der Waals surface area contributed by atoms with E-state index in [2.05, 4.69) is 47.1 Å². The zero-order chi connectivity index (χ0) is 18.7. The first-order valence-electron chi connectivity index (χ1n) is 8.65. The molecule has 0 spiro atoms. The second kappa shape index (κ2) is 7.48.